The van der Waals surface area contributed by atoms with Crippen molar-refractivity contribution in [2.45, 2.75) is 6.54 Å². The smallest absolute Gasteiger partial charge is 0.0822 e. The predicted molar refractivity (Wildman–Crippen MR) is 45.9 cm³/mol. The summed E-state index contributed by atoms with van der Waals surface area (Å²) < 4.78 is 1.05. The number of aromatic nitrogens is 1. The summed E-state index contributed by atoms with van der Waals surface area (Å²) in [5.41, 5.74) is 1.23. The molecule has 0 aliphatic heterocycles. The molecule has 2 nitrogen and oxygen atoms in total. The third-order valence-corrected chi connectivity index (χ3v) is 1.66. The third-order valence-electron chi connectivity index (χ3n) is 1.20. The monoisotopic (exact) mass is 202 g/mol. The van der Waals surface area contributed by atoms with Crippen molar-refractivity contribution >= 4 is 15.9 Å². The maximum absolute atomic E-state index is 3.35. The highest BCUT2D eigenvalue weighted by Crippen LogP contribution is 2.08. The van der Waals surface area contributed by atoms with Crippen LogP contribution in [0.25, 0.3) is 0 Å². The molecular formula is C7H11BrN2. The Morgan fingerprint density at radius 3 is 2.60 bits per heavy atom. The molecule has 0 radical (unpaired) electrons. The summed E-state index contributed by atoms with van der Waals surface area (Å²) in [5, 5.41) is 0. The molecule has 10 heavy (non-hydrogen) atoms. The standard InChI is InChI=1S/C7H11BrN2/c1-10(2)5-6-3-4-7(8)9-6/h3-4,9H,5H2,1-2H3. The van der Waals surface area contributed by atoms with Crippen LogP contribution in [-0.4, -0.2) is 24.0 Å². The van der Waals surface area contributed by atoms with Gasteiger partial charge in [-0.25, -0.2) is 0 Å². The van der Waals surface area contributed by atoms with Crippen molar-refractivity contribution in [1.82, 2.24) is 9.88 Å². The van der Waals surface area contributed by atoms with Gasteiger partial charge in [0.1, 0.15) is 0 Å². The topological polar surface area (TPSA) is 19.0 Å². The fraction of sp³-hybridized carbons (Fsp3) is 0.429. The highest BCUT2D eigenvalue weighted by atomic mass is 79.9. The number of H-pyrrole nitrogens is 1. The van der Waals surface area contributed by atoms with E-state index in [1.165, 1.54) is 5.69 Å². The quantitative estimate of drug-likeness (QED) is 0.776. The molecule has 1 heterocycles. The molecule has 0 saturated carbocycles. The Morgan fingerprint density at radius 1 is 1.50 bits per heavy atom. The first-order valence-corrected chi connectivity index (χ1v) is 3.96. The summed E-state index contributed by atoms with van der Waals surface area (Å²) >= 11 is 3.35. The van der Waals surface area contributed by atoms with Gasteiger partial charge in [-0.2, -0.15) is 0 Å². The fourth-order valence-corrected chi connectivity index (χ4v) is 1.23. The van der Waals surface area contributed by atoms with E-state index in [4.69, 9.17) is 0 Å². The van der Waals surface area contributed by atoms with Crippen molar-refractivity contribution in [3.63, 3.8) is 0 Å². The highest BCUT2D eigenvalue weighted by molar-refractivity contribution is 9.10. The van der Waals surface area contributed by atoms with Crippen molar-refractivity contribution in [3.8, 4) is 0 Å². The molecule has 0 atom stereocenters. The average Bonchev–Trinajstić information content (AvgIpc) is 2.13. The van der Waals surface area contributed by atoms with Crippen molar-refractivity contribution < 1.29 is 0 Å². The minimum absolute atomic E-state index is 0.964. The van der Waals surface area contributed by atoms with E-state index in [0.717, 1.165) is 11.1 Å². The molecule has 1 aromatic heterocycles. The lowest BCUT2D eigenvalue weighted by Gasteiger charge is -2.06. The van der Waals surface area contributed by atoms with E-state index in [2.05, 4.69) is 46.0 Å². The lowest BCUT2D eigenvalue weighted by Crippen LogP contribution is -2.10. The first-order valence-electron chi connectivity index (χ1n) is 3.16. The van der Waals surface area contributed by atoms with Crippen molar-refractivity contribution in [2.24, 2.45) is 0 Å². The molecule has 1 N–H and O–H groups in total. The molecule has 0 bridgehead atoms. The number of hydrogen-bond donors (Lipinski definition) is 1. The molecule has 1 aromatic rings. The van der Waals surface area contributed by atoms with Gasteiger partial charge < -0.3 is 9.88 Å². The molecule has 1 rings (SSSR count). The second-order valence-electron chi connectivity index (χ2n) is 2.57. The summed E-state index contributed by atoms with van der Waals surface area (Å²) in [5.74, 6) is 0. The highest BCUT2D eigenvalue weighted by Gasteiger charge is 1.95. The van der Waals surface area contributed by atoms with Crippen LogP contribution in [0.4, 0.5) is 0 Å². The maximum Gasteiger partial charge on any atom is 0.0822 e. The van der Waals surface area contributed by atoms with Gasteiger partial charge in [-0.15, -0.1) is 0 Å². The Bertz CT molecular complexity index is 205. The van der Waals surface area contributed by atoms with Crippen LogP contribution in [0.1, 0.15) is 5.69 Å². The van der Waals surface area contributed by atoms with Gasteiger partial charge in [0.2, 0.25) is 0 Å². The van der Waals surface area contributed by atoms with E-state index in [1.54, 1.807) is 0 Å². The van der Waals surface area contributed by atoms with Crippen molar-refractivity contribution in [3.05, 3.63) is 22.4 Å². The van der Waals surface area contributed by atoms with Gasteiger partial charge in [-0.05, 0) is 42.2 Å². The normalized spacial score (nSPS) is 10.8. The molecule has 0 amide bonds. The lowest BCUT2D eigenvalue weighted by molar-refractivity contribution is 0.397. The van der Waals surface area contributed by atoms with E-state index in [-0.39, 0.29) is 0 Å². The second kappa shape index (κ2) is 3.21. The Balaban J connectivity index is 2.58. The molecule has 56 valence electrons. The van der Waals surface area contributed by atoms with Crippen LogP contribution < -0.4 is 0 Å². The number of rotatable bonds is 2. The van der Waals surface area contributed by atoms with Crippen LogP contribution in [0.3, 0.4) is 0 Å². The fourth-order valence-electron chi connectivity index (χ4n) is 0.843. The molecule has 0 aliphatic rings. The SMILES string of the molecule is CN(C)Cc1ccc(Br)[nH]1. The summed E-state index contributed by atoms with van der Waals surface area (Å²) in [6.07, 6.45) is 0. The summed E-state index contributed by atoms with van der Waals surface area (Å²) in [6, 6.07) is 4.09. The number of hydrogen-bond acceptors (Lipinski definition) is 1. The van der Waals surface area contributed by atoms with E-state index in [1.807, 2.05) is 6.07 Å². The van der Waals surface area contributed by atoms with Gasteiger partial charge in [0.05, 0.1) is 4.60 Å². The largest absolute Gasteiger partial charge is 0.352 e. The number of halogens is 1. The molecule has 0 unspecified atom stereocenters. The van der Waals surface area contributed by atoms with Crippen LogP contribution in [0, 0.1) is 0 Å². The molecule has 0 aliphatic carbocycles. The third kappa shape index (κ3) is 2.15. The predicted octanol–water partition coefficient (Wildman–Crippen LogP) is 1.84. The molecular weight excluding hydrogens is 192 g/mol. The van der Waals surface area contributed by atoms with Gasteiger partial charge >= 0.3 is 0 Å². The first kappa shape index (κ1) is 7.82. The van der Waals surface area contributed by atoms with Crippen molar-refractivity contribution in [1.29, 1.82) is 0 Å². The van der Waals surface area contributed by atoms with Crippen LogP contribution in [0.15, 0.2) is 16.7 Å². The van der Waals surface area contributed by atoms with Crippen LogP contribution in [0.5, 0.6) is 0 Å². The molecule has 0 spiro atoms. The minimum atomic E-state index is 0.964. The van der Waals surface area contributed by atoms with E-state index in [9.17, 15) is 0 Å². The lowest BCUT2D eigenvalue weighted by atomic mass is 10.4. The van der Waals surface area contributed by atoms with E-state index in [0.29, 0.717) is 0 Å². The Hall–Kier alpha value is -0.280. The minimum Gasteiger partial charge on any atom is -0.352 e. The van der Waals surface area contributed by atoms with E-state index >= 15 is 0 Å². The van der Waals surface area contributed by atoms with Gasteiger partial charge in [0.25, 0.3) is 0 Å². The zero-order valence-corrected chi connectivity index (χ0v) is 7.77. The van der Waals surface area contributed by atoms with Crippen molar-refractivity contribution in [2.75, 3.05) is 14.1 Å². The number of nitrogens with zero attached hydrogens (tertiary/aromatic N) is 1. The Labute approximate surface area is 69.4 Å². The Kier molecular flexibility index (Phi) is 2.51. The summed E-state index contributed by atoms with van der Waals surface area (Å²) in [4.78, 5) is 5.31. The molecule has 0 fully saturated rings. The second-order valence-corrected chi connectivity index (χ2v) is 3.42. The zero-order valence-electron chi connectivity index (χ0n) is 6.19. The summed E-state index contributed by atoms with van der Waals surface area (Å²) in [6.45, 7) is 0.964. The van der Waals surface area contributed by atoms with E-state index < -0.39 is 0 Å². The average molecular weight is 203 g/mol. The maximum atomic E-state index is 3.35. The van der Waals surface area contributed by atoms with Crippen LogP contribution >= 0.6 is 15.9 Å². The van der Waals surface area contributed by atoms with Gasteiger partial charge in [0.15, 0.2) is 0 Å². The molecule has 3 heteroatoms. The zero-order chi connectivity index (χ0) is 7.56. The van der Waals surface area contributed by atoms with Gasteiger partial charge in [0, 0.05) is 12.2 Å². The number of aromatic amines is 1. The van der Waals surface area contributed by atoms with Crippen LogP contribution in [0.2, 0.25) is 0 Å². The first-order chi connectivity index (χ1) is 4.68. The van der Waals surface area contributed by atoms with Gasteiger partial charge in [-0.1, -0.05) is 0 Å². The van der Waals surface area contributed by atoms with Gasteiger partial charge in [-0.3, -0.25) is 0 Å². The molecule has 0 aromatic carbocycles. The molecule has 0 saturated heterocycles. The Morgan fingerprint density at radius 2 is 2.20 bits per heavy atom. The number of nitrogens with one attached hydrogen (secondary N) is 1. The summed E-state index contributed by atoms with van der Waals surface area (Å²) in [7, 11) is 4.10. The van der Waals surface area contributed by atoms with Crippen LogP contribution in [-0.2, 0) is 6.54 Å².